The van der Waals surface area contributed by atoms with Crippen LogP contribution >= 0.6 is 0 Å². The maximum atomic E-state index is 12.3. The van der Waals surface area contributed by atoms with Gasteiger partial charge in [0.15, 0.2) is 0 Å². The molecule has 1 aliphatic heterocycles. The highest BCUT2D eigenvalue weighted by molar-refractivity contribution is 5.70. The molecule has 1 aliphatic rings. The summed E-state index contributed by atoms with van der Waals surface area (Å²) in [5.41, 5.74) is 0.412. The lowest BCUT2D eigenvalue weighted by Crippen LogP contribution is -2.42. The minimum atomic E-state index is -0.532. The smallest absolute Gasteiger partial charge is 0.410 e. The number of benzene rings is 1. The average Bonchev–Trinajstić information content (AvgIpc) is 2.93. The summed E-state index contributed by atoms with van der Waals surface area (Å²) in [5, 5.41) is 0. The minimum Gasteiger partial charge on any atom is -0.445 e. The molecule has 0 N–H and O–H groups in total. The molecule has 2 rings (SSSR count). The maximum Gasteiger partial charge on any atom is 0.410 e. The van der Waals surface area contributed by atoms with Crippen molar-refractivity contribution in [2.45, 2.75) is 58.4 Å². The van der Waals surface area contributed by atoms with Crippen molar-refractivity contribution < 1.29 is 19.1 Å². The Morgan fingerprint density at radius 3 is 2.48 bits per heavy atom. The lowest BCUT2D eigenvalue weighted by atomic mass is 10.2. The molecule has 6 nitrogen and oxygen atoms in total. The predicted octanol–water partition coefficient (Wildman–Crippen LogP) is 3.65. The Balaban J connectivity index is 1.88. The van der Waals surface area contributed by atoms with Gasteiger partial charge in [-0.15, -0.1) is 0 Å². The quantitative estimate of drug-likeness (QED) is 0.836. The molecular formula is C19H28N2O4. The third-order valence-corrected chi connectivity index (χ3v) is 4.22. The Kier molecular flexibility index (Phi) is 5.93. The number of nitrogens with zero attached hydrogens (tertiary/aromatic N) is 2. The van der Waals surface area contributed by atoms with Crippen LogP contribution in [0.2, 0.25) is 0 Å². The van der Waals surface area contributed by atoms with E-state index in [1.165, 1.54) is 0 Å². The van der Waals surface area contributed by atoms with Crippen molar-refractivity contribution in [2.24, 2.45) is 0 Å². The summed E-state index contributed by atoms with van der Waals surface area (Å²) in [7, 11) is 1.71. The van der Waals surface area contributed by atoms with E-state index in [9.17, 15) is 9.59 Å². The van der Waals surface area contributed by atoms with Gasteiger partial charge in [0.2, 0.25) is 0 Å². The van der Waals surface area contributed by atoms with Gasteiger partial charge in [0.25, 0.3) is 0 Å². The third kappa shape index (κ3) is 5.37. The SMILES string of the molecule is C[C@@H]1CC(N(C)C(=O)OCc2ccccc2)CN1C(=O)OC(C)(C)C. The molecule has 25 heavy (non-hydrogen) atoms. The number of carbonyl (C=O) groups is 2. The van der Waals surface area contributed by atoms with Crippen molar-refractivity contribution in [2.75, 3.05) is 13.6 Å². The number of likely N-dealkylation sites (N-methyl/N-ethyl adjacent to an activating group) is 1. The molecule has 0 radical (unpaired) electrons. The van der Waals surface area contributed by atoms with Gasteiger partial charge in [0.1, 0.15) is 12.2 Å². The first-order chi connectivity index (χ1) is 11.7. The number of rotatable bonds is 3. The normalized spacial score (nSPS) is 20.3. The van der Waals surface area contributed by atoms with Crippen molar-refractivity contribution in [3.8, 4) is 0 Å². The van der Waals surface area contributed by atoms with Gasteiger partial charge in [-0.3, -0.25) is 0 Å². The van der Waals surface area contributed by atoms with Crippen LogP contribution in [0.25, 0.3) is 0 Å². The number of hydrogen-bond acceptors (Lipinski definition) is 4. The highest BCUT2D eigenvalue weighted by Gasteiger charge is 2.38. The van der Waals surface area contributed by atoms with E-state index in [-0.39, 0.29) is 30.9 Å². The van der Waals surface area contributed by atoms with E-state index >= 15 is 0 Å². The molecule has 2 atom stereocenters. The molecule has 6 heteroatoms. The first kappa shape index (κ1) is 19.1. The molecule has 0 spiro atoms. The van der Waals surface area contributed by atoms with E-state index in [0.29, 0.717) is 13.0 Å². The van der Waals surface area contributed by atoms with Crippen LogP contribution in [0.3, 0.4) is 0 Å². The number of ether oxygens (including phenoxy) is 2. The molecule has 0 saturated carbocycles. The molecule has 2 amide bonds. The Hall–Kier alpha value is -2.24. The molecule has 0 aliphatic carbocycles. The molecule has 0 bridgehead atoms. The topological polar surface area (TPSA) is 59.1 Å². The average molecular weight is 348 g/mol. The molecule has 1 aromatic rings. The van der Waals surface area contributed by atoms with E-state index in [1.807, 2.05) is 58.0 Å². The summed E-state index contributed by atoms with van der Waals surface area (Å²) in [6.45, 7) is 8.19. The van der Waals surface area contributed by atoms with Crippen LogP contribution in [-0.4, -0.2) is 53.3 Å². The molecule has 1 saturated heterocycles. The zero-order valence-corrected chi connectivity index (χ0v) is 15.7. The van der Waals surface area contributed by atoms with Crippen LogP contribution in [-0.2, 0) is 16.1 Å². The molecule has 138 valence electrons. The summed E-state index contributed by atoms with van der Waals surface area (Å²) in [4.78, 5) is 27.8. The lowest BCUT2D eigenvalue weighted by Gasteiger charge is -2.27. The van der Waals surface area contributed by atoms with Gasteiger partial charge in [-0.1, -0.05) is 30.3 Å². The van der Waals surface area contributed by atoms with Crippen molar-refractivity contribution in [1.82, 2.24) is 9.80 Å². The Morgan fingerprint density at radius 2 is 1.88 bits per heavy atom. The van der Waals surface area contributed by atoms with Crippen LogP contribution in [0.15, 0.2) is 30.3 Å². The summed E-state index contributed by atoms with van der Waals surface area (Å²) < 4.78 is 10.8. The second-order valence-electron chi connectivity index (χ2n) is 7.52. The largest absolute Gasteiger partial charge is 0.445 e. The number of hydrogen-bond donors (Lipinski definition) is 0. The molecule has 1 aromatic carbocycles. The Labute approximate surface area is 149 Å². The van der Waals surface area contributed by atoms with Gasteiger partial charge in [0.05, 0.1) is 6.04 Å². The molecule has 1 heterocycles. The zero-order valence-electron chi connectivity index (χ0n) is 15.7. The van der Waals surface area contributed by atoms with Gasteiger partial charge >= 0.3 is 12.2 Å². The number of amides is 2. The predicted molar refractivity (Wildman–Crippen MR) is 95.2 cm³/mol. The van der Waals surface area contributed by atoms with E-state index in [0.717, 1.165) is 5.56 Å². The number of likely N-dealkylation sites (tertiary alicyclic amines) is 1. The van der Waals surface area contributed by atoms with Gasteiger partial charge in [-0.05, 0) is 39.7 Å². The van der Waals surface area contributed by atoms with E-state index < -0.39 is 5.60 Å². The van der Waals surface area contributed by atoms with Crippen molar-refractivity contribution >= 4 is 12.2 Å². The van der Waals surface area contributed by atoms with Crippen LogP contribution in [0.1, 0.15) is 39.7 Å². The molecular weight excluding hydrogens is 320 g/mol. The monoisotopic (exact) mass is 348 g/mol. The highest BCUT2D eigenvalue weighted by atomic mass is 16.6. The second kappa shape index (κ2) is 7.76. The summed E-state index contributed by atoms with van der Waals surface area (Å²) in [5.74, 6) is 0. The van der Waals surface area contributed by atoms with Gasteiger partial charge in [0, 0.05) is 19.6 Å². The van der Waals surface area contributed by atoms with Crippen molar-refractivity contribution in [3.63, 3.8) is 0 Å². The van der Waals surface area contributed by atoms with Crippen LogP contribution in [0, 0.1) is 0 Å². The first-order valence-electron chi connectivity index (χ1n) is 8.60. The van der Waals surface area contributed by atoms with Crippen LogP contribution in [0.5, 0.6) is 0 Å². The maximum absolute atomic E-state index is 12.3. The van der Waals surface area contributed by atoms with Gasteiger partial charge in [-0.25, -0.2) is 9.59 Å². The molecule has 0 aromatic heterocycles. The van der Waals surface area contributed by atoms with E-state index in [4.69, 9.17) is 9.47 Å². The minimum absolute atomic E-state index is 0.0178. The fourth-order valence-electron chi connectivity index (χ4n) is 2.83. The Morgan fingerprint density at radius 1 is 1.24 bits per heavy atom. The van der Waals surface area contributed by atoms with Gasteiger partial charge in [-0.2, -0.15) is 0 Å². The lowest BCUT2D eigenvalue weighted by molar-refractivity contribution is 0.0226. The number of carbonyl (C=O) groups excluding carboxylic acids is 2. The zero-order chi connectivity index (χ0) is 18.6. The first-order valence-corrected chi connectivity index (χ1v) is 8.60. The Bertz CT molecular complexity index is 597. The summed E-state index contributed by atoms with van der Waals surface area (Å²) in [6, 6.07) is 9.50. The fourth-order valence-corrected chi connectivity index (χ4v) is 2.83. The second-order valence-corrected chi connectivity index (χ2v) is 7.52. The standard InChI is InChI=1S/C19H28N2O4/c1-14-11-16(12-21(14)18(23)25-19(2,3)4)20(5)17(22)24-13-15-9-7-6-8-10-15/h6-10,14,16H,11-13H2,1-5H3/t14-,16?/m1/s1. The van der Waals surface area contributed by atoms with Crippen molar-refractivity contribution in [1.29, 1.82) is 0 Å². The fraction of sp³-hybridized carbons (Fsp3) is 0.579. The van der Waals surface area contributed by atoms with Crippen LogP contribution < -0.4 is 0 Å². The van der Waals surface area contributed by atoms with Crippen LogP contribution in [0.4, 0.5) is 9.59 Å². The highest BCUT2D eigenvalue weighted by Crippen LogP contribution is 2.24. The van der Waals surface area contributed by atoms with E-state index in [2.05, 4.69) is 0 Å². The molecule has 1 fully saturated rings. The van der Waals surface area contributed by atoms with Gasteiger partial charge < -0.3 is 19.3 Å². The molecule has 1 unspecified atom stereocenters. The van der Waals surface area contributed by atoms with Crippen molar-refractivity contribution in [3.05, 3.63) is 35.9 Å². The van der Waals surface area contributed by atoms with E-state index in [1.54, 1.807) is 16.8 Å². The third-order valence-electron chi connectivity index (χ3n) is 4.22. The summed E-state index contributed by atoms with van der Waals surface area (Å²) in [6.07, 6.45) is -0.0171. The summed E-state index contributed by atoms with van der Waals surface area (Å²) >= 11 is 0.